The van der Waals surface area contributed by atoms with Crippen molar-refractivity contribution in [1.29, 1.82) is 0 Å². The van der Waals surface area contributed by atoms with E-state index >= 15 is 0 Å². The number of aliphatic carboxylic acids is 1. The van der Waals surface area contributed by atoms with Gasteiger partial charge in [-0.05, 0) is 0 Å². The van der Waals surface area contributed by atoms with Crippen LogP contribution in [0.1, 0.15) is 0 Å². The molecule has 0 aromatic heterocycles. The fourth-order valence-corrected chi connectivity index (χ4v) is 1.07. The molecule has 0 saturated carbocycles. The summed E-state index contributed by atoms with van der Waals surface area (Å²) in [6.45, 7) is -0.914. The quantitative estimate of drug-likeness (QED) is 0.222. The van der Waals surface area contributed by atoms with Crippen LogP contribution in [-0.4, -0.2) is 90.1 Å². The highest BCUT2D eigenvalue weighted by atomic mass is 16.4. The van der Waals surface area contributed by atoms with E-state index < -0.39 is 49.2 Å². The maximum Gasteiger partial charge on any atom is 0.335 e. The van der Waals surface area contributed by atoms with E-state index in [4.69, 9.17) is 30.6 Å². The topological polar surface area (TPSA) is 179 Å². The van der Waals surface area contributed by atoms with Gasteiger partial charge in [-0.2, -0.15) is 0 Å². The minimum Gasteiger partial charge on any atom is -0.479 e. The minimum absolute atomic E-state index is 0.914. The molecule has 9 nitrogen and oxygen atoms in total. The summed E-state index contributed by atoms with van der Waals surface area (Å²) >= 11 is 0. The molecule has 0 fully saturated rings. The molecule has 8 N–H and O–H groups in total. The molecule has 0 radical (unpaired) electrons. The second-order valence-electron chi connectivity index (χ2n) is 3.50. The summed E-state index contributed by atoms with van der Waals surface area (Å²) in [7, 11) is 0. The number of aliphatic hydroxyl groups excluding tert-OH is 7. The number of aliphatic hydroxyl groups is 7. The third-order valence-electron chi connectivity index (χ3n) is 2.21. The Bertz CT molecular complexity index is 245. The van der Waals surface area contributed by atoms with Crippen molar-refractivity contribution in [1.82, 2.24) is 0 Å². The van der Waals surface area contributed by atoms with Crippen molar-refractivity contribution in [3.63, 3.8) is 0 Å². The molecule has 0 aliphatic carbocycles. The molecule has 0 unspecified atom stereocenters. The fourth-order valence-electron chi connectivity index (χ4n) is 1.07. The highest BCUT2D eigenvalue weighted by molar-refractivity contribution is 5.72. The zero-order valence-electron chi connectivity index (χ0n) is 8.66. The minimum atomic E-state index is -2.36. The van der Waals surface area contributed by atoms with E-state index in [1.807, 2.05) is 0 Å². The molecule has 6 atom stereocenters. The lowest BCUT2D eigenvalue weighted by atomic mass is 9.96. The number of carboxylic acids is 1. The average molecular weight is 256 g/mol. The van der Waals surface area contributed by atoms with Crippen LogP contribution in [0, 0.1) is 0 Å². The van der Waals surface area contributed by atoms with Gasteiger partial charge in [0.15, 0.2) is 6.10 Å². The van der Waals surface area contributed by atoms with Crippen LogP contribution in [0.3, 0.4) is 0 Å². The van der Waals surface area contributed by atoms with Gasteiger partial charge in [0.05, 0.1) is 6.61 Å². The van der Waals surface area contributed by atoms with Crippen LogP contribution >= 0.6 is 0 Å². The van der Waals surface area contributed by atoms with Gasteiger partial charge in [0.1, 0.15) is 30.5 Å². The van der Waals surface area contributed by atoms with Gasteiger partial charge in [-0.15, -0.1) is 0 Å². The zero-order valence-corrected chi connectivity index (χ0v) is 8.66. The predicted molar refractivity (Wildman–Crippen MR) is 50.8 cm³/mol. The molecule has 9 heteroatoms. The highest BCUT2D eigenvalue weighted by Crippen LogP contribution is 2.11. The Morgan fingerprint density at radius 2 is 1.24 bits per heavy atom. The van der Waals surface area contributed by atoms with Gasteiger partial charge < -0.3 is 40.9 Å². The Balaban J connectivity index is 4.58. The van der Waals surface area contributed by atoms with E-state index in [-0.39, 0.29) is 0 Å². The number of carboxylic acid groups (broad SMARTS) is 1. The van der Waals surface area contributed by atoms with Crippen molar-refractivity contribution in [2.45, 2.75) is 36.6 Å². The molecule has 0 aromatic carbocycles. The van der Waals surface area contributed by atoms with Crippen LogP contribution < -0.4 is 0 Å². The summed E-state index contributed by atoms with van der Waals surface area (Å²) in [5, 5.41) is 71.4. The van der Waals surface area contributed by atoms with Crippen LogP contribution in [0.25, 0.3) is 0 Å². The Morgan fingerprint density at radius 3 is 1.59 bits per heavy atom. The molecule has 0 aliphatic heterocycles. The third-order valence-corrected chi connectivity index (χ3v) is 2.21. The first-order valence-electron chi connectivity index (χ1n) is 4.66. The van der Waals surface area contributed by atoms with Crippen LogP contribution in [0.15, 0.2) is 0 Å². The van der Waals surface area contributed by atoms with Gasteiger partial charge in [-0.1, -0.05) is 0 Å². The molecular weight excluding hydrogens is 240 g/mol. The Labute approximate surface area is 95.8 Å². The van der Waals surface area contributed by atoms with Crippen molar-refractivity contribution < 1.29 is 45.6 Å². The molecule has 0 aromatic rings. The van der Waals surface area contributed by atoms with Crippen LogP contribution in [0.4, 0.5) is 0 Å². The molecule has 0 rings (SSSR count). The fraction of sp³-hybridized carbons (Fsp3) is 0.875. The van der Waals surface area contributed by atoms with Gasteiger partial charge in [0.25, 0.3) is 0 Å². The smallest absolute Gasteiger partial charge is 0.335 e. The lowest BCUT2D eigenvalue weighted by molar-refractivity contribution is -0.175. The van der Waals surface area contributed by atoms with E-state index in [1.54, 1.807) is 0 Å². The third kappa shape index (κ3) is 4.16. The summed E-state index contributed by atoms with van der Waals surface area (Å²) < 4.78 is 0. The molecular formula is C8H16O9. The average Bonchev–Trinajstić information content (AvgIpc) is 2.32. The van der Waals surface area contributed by atoms with Gasteiger partial charge in [0.2, 0.25) is 0 Å². The van der Waals surface area contributed by atoms with E-state index in [0.717, 1.165) is 0 Å². The van der Waals surface area contributed by atoms with Gasteiger partial charge in [-0.25, -0.2) is 4.79 Å². The number of carbonyl (C=O) groups is 1. The second kappa shape index (κ2) is 6.81. The van der Waals surface area contributed by atoms with E-state index in [1.165, 1.54) is 0 Å². The molecule has 0 spiro atoms. The summed E-state index contributed by atoms with van der Waals surface area (Å²) in [5.41, 5.74) is 0. The first-order valence-corrected chi connectivity index (χ1v) is 4.66. The lowest BCUT2D eigenvalue weighted by Gasteiger charge is -2.29. The first kappa shape index (κ1) is 16.2. The molecule has 102 valence electrons. The maximum absolute atomic E-state index is 10.3. The molecule has 0 saturated heterocycles. The number of rotatable bonds is 7. The molecule has 0 aliphatic rings. The van der Waals surface area contributed by atoms with Crippen molar-refractivity contribution in [2.75, 3.05) is 6.61 Å². The normalized spacial score (nSPS) is 22.3. The van der Waals surface area contributed by atoms with Crippen LogP contribution in [0.2, 0.25) is 0 Å². The summed E-state index contributed by atoms with van der Waals surface area (Å²) in [5.74, 6) is -1.83. The van der Waals surface area contributed by atoms with Crippen LogP contribution in [-0.2, 0) is 4.79 Å². The summed E-state index contributed by atoms with van der Waals surface area (Å²) in [6, 6.07) is 0. The maximum atomic E-state index is 10.3. The lowest BCUT2D eigenvalue weighted by Crippen LogP contribution is -2.54. The van der Waals surface area contributed by atoms with E-state index in [9.17, 15) is 15.0 Å². The van der Waals surface area contributed by atoms with Crippen molar-refractivity contribution in [2.24, 2.45) is 0 Å². The van der Waals surface area contributed by atoms with Crippen molar-refractivity contribution in [3.8, 4) is 0 Å². The summed E-state index contributed by atoms with van der Waals surface area (Å²) in [6.07, 6.45) is -12.8. The molecule has 0 bridgehead atoms. The monoisotopic (exact) mass is 256 g/mol. The van der Waals surface area contributed by atoms with E-state index in [0.29, 0.717) is 0 Å². The zero-order chi connectivity index (χ0) is 13.7. The largest absolute Gasteiger partial charge is 0.479 e. The van der Waals surface area contributed by atoms with Gasteiger partial charge >= 0.3 is 5.97 Å². The van der Waals surface area contributed by atoms with Crippen molar-refractivity contribution >= 4 is 5.97 Å². The van der Waals surface area contributed by atoms with Gasteiger partial charge in [0, 0.05) is 0 Å². The Morgan fingerprint density at radius 1 is 0.824 bits per heavy atom. The van der Waals surface area contributed by atoms with E-state index in [2.05, 4.69) is 0 Å². The molecule has 17 heavy (non-hydrogen) atoms. The second-order valence-corrected chi connectivity index (χ2v) is 3.50. The van der Waals surface area contributed by atoms with Gasteiger partial charge in [-0.3, -0.25) is 0 Å². The Kier molecular flexibility index (Phi) is 6.49. The van der Waals surface area contributed by atoms with Crippen molar-refractivity contribution in [3.05, 3.63) is 0 Å². The van der Waals surface area contributed by atoms with Crippen LogP contribution in [0.5, 0.6) is 0 Å². The molecule has 0 heterocycles. The number of hydrogen-bond acceptors (Lipinski definition) is 8. The highest BCUT2D eigenvalue weighted by Gasteiger charge is 2.39. The Hall–Kier alpha value is -0.810. The number of hydrogen-bond donors (Lipinski definition) is 8. The predicted octanol–water partition coefficient (Wildman–Crippen LogP) is -4.77. The SMILES string of the molecule is O=C(O)[C@@H](O)[C@H](O)[C@H](O)[C@@H](O)[C@@H](O)[C@H](O)CO. The molecule has 0 amide bonds. The standard InChI is InChI=1S/C8H16O9/c9-1-2(10)3(11)4(12)5(13)6(14)7(15)8(16)17/h2-7,9-15H,1H2,(H,16,17)/t2-,3+,4+,5-,6-,7+/m1/s1. The first-order chi connectivity index (χ1) is 7.73. The summed E-state index contributed by atoms with van der Waals surface area (Å²) in [4.78, 5) is 10.3.